The summed E-state index contributed by atoms with van der Waals surface area (Å²) in [5.74, 6) is 0. The maximum atomic E-state index is 12.0. The van der Waals surface area contributed by atoms with Crippen LogP contribution >= 0.6 is 11.3 Å². The van der Waals surface area contributed by atoms with E-state index in [1.807, 2.05) is 6.92 Å². The number of thiophene rings is 1. The summed E-state index contributed by atoms with van der Waals surface area (Å²) in [6.07, 6.45) is 0.688. The van der Waals surface area contributed by atoms with Gasteiger partial charge in [0.05, 0.1) is 12.1 Å². The van der Waals surface area contributed by atoms with E-state index in [1.165, 1.54) is 6.07 Å². The molecular weight excluding hydrogens is 248 g/mol. The lowest BCUT2D eigenvalue weighted by atomic mass is 10.0. The van der Waals surface area contributed by atoms with E-state index in [1.54, 1.807) is 5.38 Å². The van der Waals surface area contributed by atoms with Gasteiger partial charge in [0.25, 0.3) is 10.0 Å². The van der Waals surface area contributed by atoms with E-state index in [0.717, 1.165) is 11.3 Å². The summed E-state index contributed by atoms with van der Waals surface area (Å²) in [6.45, 7) is 2.84. The highest BCUT2D eigenvalue weighted by Gasteiger charge is 2.34. The Morgan fingerprint density at radius 2 is 2.38 bits per heavy atom. The van der Waals surface area contributed by atoms with Crippen molar-refractivity contribution >= 4 is 27.0 Å². The second-order valence-corrected chi connectivity index (χ2v) is 6.99. The van der Waals surface area contributed by atoms with Crippen molar-refractivity contribution in [2.24, 2.45) is 0 Å². The van der Waals surface area contributed by atoms with Gasteiger partial charge in [0.15, 0.2) is 0 Å². The lowest BCUT2D eigenvalue weighted by molar-refractivity contribution is 0.178. The molecule has 1 aliphatic rings. The van der Waals surface area contributed by atoms with E-state index in [4.69, 9.17) is 10.5 Å². The van der Waals surface area contributed by atoms with Crippen molar-refractivity contribution < 1.29 is 13.2 Å². The van der Waals surface area contributed by atoms with Crippen LogP contribution in [0.15, 0.2) is 15.7 Å². The molecule has 0 aromatic carbocycles. The molecule has 90 valence electrons. The van der Waals surface area contributed by atoms with Gasteiger partial charge in [0.1, 0.15) is 4.21 Å². The molecule has 1 saturated heterocycles. The van der Waals surface area contributed by atoms with Crippen LogP contribution in [-0.4, -0.2) is 27.2 Å². The summed E-state index contributed by atoms with van der Waals surface area (Å²) < 4.78 is 32.1. The van der Waals surface area contributed by atoms with Gasteiger partial charge in [-0.15, -0.1) is 11.3 Å². The molecule has 3 N–H and O–H groups in total. The summed E-state index contributed by atoms with van der Waals surface area (Å²) >= 11 is 1.12. The third kappa shape index (κ3) is 2.37. The first-order valence-electron chi connectivity index (χ1n) is 4.87. The fraction of sp³-hybridized carbons (Fsp3) is 0.556. The molecule has 1 aromatic rings. The first-order chi connectivity index (χ1) is 7.41. The van der Waals surface area contributed by atoms with E-state index < -0.39 is 15.6 Å². The Bertz CT molecular complexity index is 475. The number of hydrogen-bond acceptors (Lipinski definition) is 5. The number of rotatable bonds is 3. The maximum absolute atomic E-state index is 12.0. The van der Waals surface area contributed by atoms with Gasteiger partial charge in [-0.25, -0.2) is 13.1 Å². The Morgan fingerprint density at radius 3 is 2.88 bits per heavy atom. The van der Waals surface area contributed by atoms with Gasteiger partial charge in [0.2, 0.25) is 0 Å². The van der Waals surface area contributed by atoms with Crippen LogP contribution in [0.2, 0.25) is 0 Å². The maximum Gasteiger partial charge on any atom is 0.250 e. The molecule has 2 heterocycles. The molecule has 1 atom stereocenters. The predicted molar refractivity (Wildman–Crippen MR) is 62.9 cm³/mol. The zero-order chi connectivity index (χ0) is 11.8. The largest absolute Gasteiger partial charge is 0.398 e. The first kappa shape index (κ1) is 11.8. The normalized spacial score (nSPS) is 26.1. The Kier molecular flexibility index (Phi) is 2.95. The highest BCUT2D eigenvalue weighted by molar-refractivity contribution is 7.91. The number of ether oxygens (including phenoxy) is 1. The summed E-state index contributed by atoms with van der Waals surface area (Å²) in [4.78, 5) is 0. The van der Waals surface area contributed by atoms with Crippen molar-refractivity contribution in [3.63, 3.8) is 0 Å². The molecule has 16 heavy (non-hydrogen) atoms. The van der Waals surface area contributed by atoms with Gasteiger partial charge >= 0.3 is 0 Å². The Labute approximate surface area is 98.7 Å². The Morgan fingerprint density at radius 1 is 1.62 bits per heavy atom. The molecule has 5 nitrogen and oxygen atoms in total. The number of hydrogen-bond donors (Lipinski definition) is 2. The van der Waals surface area contributed by atoms with Crippen LogP contribution in [0.5, 0.6) is 0 Å². The van der Waals surface area contributed by atoms with E-state index >= 15 is 0 Å². The Hall–Kier alpha value is -0.630. The molecule has 1 fully saturated rings. The van der Waals surface area contributed by atoms with Crippen LogP contribution in [0.4, 0.5) is 5.69 Å². The van der Waals surface area contributed by atoms with E-state index in [2.05, 4.69) is 4.72 Å². The number of sulfonamides is 1. The molecule has 2 rings (SSSR count). The van der Waals surface area contributed by atoms with Crippen molar-refractivity contribution in [1.29, 1.82) is 0 Å². The van der Waals surface area contributed by atoms with Crippen LogP contribution in [0.3, 0.4) is 0 Å². The van der Waals surface area contributed by atoms with Gasteiger partial charge in [-0.3, -0.25) is 0 Å². The van der Waals surface area contributed by atoms with Gasteiger partial charge in [-0.2, -0.15) is 0 Å². The standard InChI is InChI=1S/C9H14N2O3S2/c1-9(2-3-14-6-9)11-16(12,13)8-4-7(10)5-15-8/h4-5,11H,2-3,6,10H2,1H3. The lowest BCUT2D eigenvalue weighted by Gasteiger charge is -2.22. The zero-order valence-corrected chi connectivity index (χ0v) is 10.5. The van der Waals surface area contributed by atoms with Crippen molar-refractivity contribution in [3.05, 3.63) is 11.4 Å². The molecule has 0 amide bonds. The predicted octanol–water partition coefficient (Wildman–Crippen LogP) is 0.788. The van der Waals surface area contributed by atoms with Crippen LogP contribution < -0.4 is 10.5 Å². The quantitative estimate of drug-likeness (QED) is 0.843. The van der Waals surface area contributed by atoms with Crippen LogP contribution in [-0.2, 0) is 14.8 Å². The zero-order valence-electron chi connectivity index (χ0n) is 8.89. The minimum atomic E-state index is -3.47. The average molecular weight is 262 g/mol. The molecule has 0 saturated carbocycles. The minimum Gasteiger partial charge on any atom is -0.398 e. The highest BCUT2D eigenvalue weighted by atomic mass is 32.2. The highest BCUT2D eigenvalue weighted by Crippen LogP contribution is 2.25. The van der Waals surface area contributed by atoms with Gasteiger partial charge in [0, 0.05) is 17.7 Å². The number of anilines is 1. The second-order valence-electron chi connectivity index (χ2n) is 4.17. The fourth-order valence-electron chi connectivity index (χ4n) is 1.59. The van der Waals surface area contributed by atoms with Crippen molar-refractivity contribution in [2.75, 3.05) is 18.9 Å². The molecule has 0 spiro atoms. The summed E-state index contributed by atoms with van der Waals surface area (Å²) in [5, 5.41) is 1.61. The molecule has 0 aliphatic carbocycles. The van der Waals surface area contributed by atoms with E-state index in [0.29, 0.717) is 25.3 Å². The van der Waals surface area contributed by atoms with Crippen molar-refractivity contribution in [1.82, 2.24) is 4.72 Å². The van der Waals surface area contributed by atoms with Gasteiger partial charge < -0.3 is 10.5 Å². The van der Waals surface area contributed by atoms with Gasteiger partial charge in [-0.05, 0) is 19.4 Å². The average Bonchev–Trinajstić information content (AvgIpc) is 2.74. The molecule has 1 aliphatic heterocycles. The van der Waals surface area contributed by atoms with Crippen molar-refractivity contribution in [2.45, 2.75) is 23.1 Å². The third-order valence-corrected chi connectivity index (χ3v) is 5.56. The van der Waals surface area contributed by atoms with E-state index in [9.17, 15) is 8.42 Å². The number of nitrogens with one attached hydrogen (secondary N) is 1. The Balaban J connectivity index is 2.20. The molecule has 7 heteroatoms. The van der Waals surface area contributed by atoms with Crippen LogP contribution in [0, 0.1) is 0 Å². The van der Waals surface area contributed by atoms with Crippen molar-refractivity contribution in [3.8, 4) is 0 Å². The van der Waals surface area contributed by atoms with Crippen LogP contribution in [0.1, 0.15) is 13.3 Å². The first-order valence-corrected chi connectivity index (χ1v) is 7.23. The third-order valence-electron chi connectivity index (χ3n) is 2.46. The minimum absolute atomic E-state index is 0.248. The fourth-order valence-corrected chi connectivity index (χ4v) is 4.10. The molecule has 0 radical (unpaired) electrons. The molecule has 1 aromatic heterocycles. The molecule has 1 unspecified atom stereocenters. The van der Waals surface area contributed by atoms with Gasteiger partial charge in [-0.1, -0.05) is 0 Å². The second kappa shape index (κ2) is 3.99. The number of nitrogen functional groups attached to an aromatic ring is 1. The summed E-state index contributed by atoms with van der Waals surface area (Å²) in [6, 6.07) is 1.46. The van der Waals surface area contributed by atoms with Crippen LogP contribution in [0.25, 0.3) is 0 Å². The summed E-state index contributed by atoms with van der Waals surface area (Å²) in [5.41, 5.74) is 5.48. The topological polar surface area (TPSA) is 81.4 Å². The molecule has 0 bridgehead atoms. The lowest BCUT2D eigenvalue weighted by Crippen LogP contribution is -2.46. The summed E-state index contributed by atoms with van der Waals surface area (Å²) in [7, 11) is -3.47. The molecular formula is C9H14N2O3S2. The number of nitrogens with two attached hydrogens (primary N) is 1. The SMILES string of the molecule is CC1(NS(=O)(=O)c2cc(N)cs2)CCOC1. The monoisotopic (exact) mass is 262 g/mol. The smallest absolute Gasteiger partial charge is 0.250 e. The van der Waals surface area contributed by atoms with E-state index in [-0.39, 0.29) is 4.21 Å².